The molecule has 1 N–H and O–H groups in total. The van der Waals surface area contributed by atoms with E-state index >= 15 is 0 Å². The van der Waals surface area contributed by atoms with Gasteiger partial charge in [0.15, 0.2) is 0 Å². The zero-order chi connectivity index (χ0) is 16.6. The van der Waals surface area contributed by atoms with Gasteiger partial charge in [-0.25, -0.2) is 5.43 Å². The predicted molar refractivity (Wildman–Crippen MR) is 102 cm³/mol. The second-order valence-electron chi connectivity index (χ2n) is 5.01. The van der Waals surface area contributed by atoms with Gasteiger partial charge in [-0.05, 0) is 41.3 Å². The maximum Gasteiger partial charge on any atom is 0.271 e. The second-order valence-corrected chi connectivity index (χ2v) is 7.04. The van der Waals surface area contributed by atoms with Crippen LogP contribution in [-0.4, -0.2) is 12.1 Å². The molecule has 2 aromatic carbocycles. The maximum absolute atomic E-state index is 12.0. The Balaban J connectivity index is 1.52. The molecular formula is C19H16N2OS2. The van der Waals surface area contributed by atoms with Crippen LogP contribution in [-0.2, 0) is 5.75 Å². The first-order valence-corrected chi connectivity index (χ1v) is 9.31. The van der Waals surface area contributed by atoms with Gasteiger partial charge in [-0.1, -0.05) is 36.4 Å². The molecule has 0 aliphatic carbocycles. The van der Waals surface area contributed by atoms with Crippen LogP contribution in [0.1, 0.15) is 20.8 Å². The average Bonchev–Trinajstić information content (AvgIpc) is 3.15. The highest BCUT2D eigenvalue weighted by atomic mass is 32.2. The second kappa shape index (κ2) is 8.47. The molecule has 0 saturated carbocycles. The van der Waals surface area contributed by atoms with E-state index in [4.69, 9.17) is 0 Å². The molecular weight excluding hydrogens is 336 g/mol. The zero-order valence-corrected chi connectivity index (χ0v) is 14.5. The molecule has 3 rings (SSSR count). The van der Waals surface area contributed by atoms with Gasteiger partial charge in [-0.2, -0.15) is 5.10 Å². The molecule has 0 saturated heterocycles. The number of nitrogens with zero attached hydrogens (tertiary/aromatic N) is 1. The standard InChI is InChI=1S/C19H16N2OS2/c22-19(21-20-13-18-7-4-12-23-18)16-10-8-15(9-11-16)14-24-17-5-2-1-3-6-17/h1-13H,14H2,(H,21,22)/b20-13-. The Morgan fingerprint density at radius 3 is 2.54 bits per heavy atom. The molecule has 0 aliphatic rings. The monoisotopic (exact) mass is 352 g/mol. The summed E-state index contributed by atoms with van der Waals surface area (Å²) in [4.78, 5) is 14.3. The maximum atomic E-state index is 12.0. The Kier molecular flexibility index (Phi) is 5.82. The van der Waals surface area contributed by atoms with E-state index in [1.807, 2.05) is 60.0 Å². The summed E-state index contributed by atoms with van der Waals surface area (Å²) in [6.45, 7) is 0. The number of hydrogen-bond donors (Lipinski definition) is 1. The van der Waals surface area contributed by atoms with Gasteiger partial charge in [0.05, 0.1) is 6.21 Å². The van der Waals surface area contributed by atoms with Crippen molar-refractivity contribution in [1.82, 2.24) is 5.43 Å². The van der Waals surface area contributed by atoms with Crippen LogP contribution < -0.4 is 5.43 Å². The zero-order valence-electron chi connectivity index (χ0n) is 12.9. The number of thiophene rings is 1. The van der Waals surface area contributed by atoms with Crippen LogP contribution in [0, 0.1) is 0 Å². The van der Waals surface area contributed by atoms with Gasteiger partial charge in [0, 0.05) is 21.1 Å². The minimum atomic E-state index is -0.204. The van der Waals surface area contributed by atoms with Gasteiger partial charge >= 0.3 is 0 Å². The molecule has 0 fully saturated rings. The van der Waals surface area contributed by atoms with E-state index in [2.05, 4.69) is 22.7 Å². The fraction of sp³-hybridized carbons (Fsp3) is 0.0526. The summed E-state index contributed by atoms with van der Waals surface area (Å²) in [7, 11) is 0. The van der Waals surface area contributed by atoms with Gasteiger partial charge < -0.3 is 0 Å². The smallest absolute Gasteiger partial charge is 0.267 e. The van der Waals surface area contributed by atoms with Crippen LogP contribution in [0.15, 0.2) is 82.1 Å². The van der Waals surface area contributed by atoms with E-state index in [0.717, 1.165) is 10.6 Å². The summed E-state index contributed by atoms with van der Waals surface area (Å²) in [6.07, 6.45) is 1.65. The molecule has 120 valence electrons. The van der Waals surface area contributed by atoms with Crippen LogP contribution in [0.4, 0.5) is 0 Å². The fourth-order valence-corrected chi connectivity index (χ4v) is 3.48. The van der Waals surface area contributed by atoms with E-state index in [0.29, 0.717) is 5.56 Å². The minimum Gasteiger partial charge on any atom is -0.267 e. The van der Waals surface area contributed by atoms with Crippen molar-refractivity contribution in [3.8, 4) is 0 Å². The van der Waals surface area contributed by atoms with E-state index in [9.17, 15) is 4.79 Å². The Bertz CT molecular complexity index is 797. The number of benzene rings is 2. The third kappa shape index (κ3) is 4.81. The van der Waals surface area contributed by atoms with Crippen LogP contribution in [0.25, 0.3) is 0 Å². The van der Waals surface area contributed by atoms with Crippen molar-refractivity contribution >= 4 is 35.2 Å². The largest absolute Gasteiger partial charge is 0.271 e. The quantitative estimate of drug-likeness (QED) is 0.393. The molecule has 0 atom stereocenters. The van der Waals surface area contributed by atoms with Crippen molar-refractivity contribution in [3.63, 3.8) is 0 Å². The van der Waals surface area contributed by atoms with Crippen molar-refractivity contribution in [2.24, 2.45) is 5.10 Å². The number of carbonyl (C=O) groups is 1. The molecule has 1 heterocycles. The molecule has 0 bridgehead atoms. The fourth-order valence-electron chi connectivity index (χ4n) is 2.02. The number of nitrogens with one attached hydrogen (secondary N) is 1. The topological polar surface area (TPSA) is 41.5 Å². The van der Waals surface area contributed by atoms with Crippen molar-refractivity contribution in [2.75, 3.05) is 0 Å². The molecule has 0 radical (unpaired) electrons. The third-order valence-corrected chi connectivity index (χ3v) is 5.16. The third-order valence-electron chi connectivity index (χ3n) is 3.27. The summed E-state index contributed by atoms with van der Waals surface area (Å²) < 4.78 is 0. The number of thioether (sulfide) groups is 1. The van der Waals surface area contributed by atoms with E-state index in [1.54, 1.807) is 29.3 Å². The number of amides is 1. The Hall–Kier alpha value is -2.37. The lowest BCUT2D eigenvalue weighted by Crippen LogP contribution is -2.17. The molecule has 24 heavy (non-hydrogen) atoms. The average molecular weight is 352 g/mol. The van der Waals surface area contributed by atoms with Gasteiger partial charge in [0.1, 0.15) is 0 Å². The molecule has 3 aromatic rings. The lowest BCUT2D eigenvalue weighted by molar-refractivity contribution is 0.0955. The Morgan fingerprint density at radius 1 is 1.04 bits per heavy atom. The van der Waals surface area contributed by atoms with Gasteiger partial charge in [-0.3, -0.25) is 4.79 Å². The molecule has 0 unspecified atom stereocenters. The highest BCUT2D eigenvalue weighted by molar-refractivity contribution is 7.98. The normalized spacial score (nSPS) is 10.8. The lowest BCUT2D eigenvalue weighted by Gasteiger charge is -2.04. The van der Waals surface area contributed by atoms with Gasteiger partial charge in [-0.15, -0.1) is 23.1 Å². The molecule has 1 aromatic heterocycles. The lowest BCUT2D eigenvalue weighted by atomic mass is 10.1. The minimum absolute atomic E-state index is 0.204. The van der Waals surface area contributed by atoms with Crippen LogP contribution >= 0.6 is 23.1 Å². The van der Waals surface area contributed by atoms with Crippen LogP contribution in [0.5, 0.6) is 0 Å². The predicted octanol–water partition coefficient (Wildman–Crippen LogP) is 4.80. The van der Waals surface area contributed by atoms with Gasteiger partial charge in [0.25, 0.3) is 5.91 Å². The van der Waals surface area contributed by atoms with Crippen molar-refractivity contribution in [1.29, 1.82) is 0 Å². The molecule has 3 nitrogen and oxygen atoms in total. The highest BCUT2D eigenvalue weighted by Gasteiger charge is 2.04. The first-order chi connectivity index (χ1) is 11.8. The molecule has 5 heteroatoms. The number of hydrazone groups is 1. The van der Waals surface area contributed by atoms with Crippen molar-refractivity contribution in [2.45, 2.75) is 10.6 Å². The molecule has 0 spiro atoms. The number of carbonyl (C=O) groups excluding carboxylic acids is 1. The Labute approximate surface area is 149 Å². The van der Waals surface area contributed by atoms with Crippen LogP contribution in [0.2, 0.25) is 0 Å². The number of hydrogen-bond acceptors (Lipinski definition) is 4. The van der Waals surface area contributed by atoms with Crippen molar-refractivity contribution in [3.05, 3.63) is 88.1 Å². The van der Waals surface area contributed by atoms with E-state index < -0.39 is 0 Å². The SMILES string of the molecule is O=C(N/N=C\c1cccs1)c1ccc(CSc2ccccc2)cc1. The first-order valence-electron chi connectivity index (χ1n) is 7.45. The van der Waals surface area contributed by atoms with Gasteiger partial charge in [0.2, 0.25) is 0 Å². The highest BCUT2D eigenvalue weighted by Crippen LogP contribution is 2.22. The summed E-state index contributed by atoms with van der Waals surface area (Å²) in [5.74, 6) is 0.674. The summed E-state index contributed by atoms with van der Waals surface area (Å²) in [6, 6.07) is 21.8. The Morgan fingerprint density at radius 2 is 1.83 bits per heavy atom. The van der Waals surface area contributed by atoms with Crippen molar-refractivity contribution < 1.29 is 4.79 Å². The number of rotatable bonds is 6. The summed E-state index contributed by atoms with van der Waals surface area (Å²) >= 11 is 3.35. The van der Waals surface area contributed by atoms with E-state index in [-0.39, 0.29) is 5.91 Å². The molecule has 1 amide bonds. The van der Waals surface area contributed by atoms with Crippen LogP contribution in [0.3, 0.4) is 0 Å². The van der Waals surface area contributed by atoms with E-state index in [1.165, 1.54) is 10.5 Å². The first kappa shape index (κ1) is 16.5. The molecule has 0 aliphatic heterocycles. The summed E-state index contributed by atoms with van der Waals surface area (Å²) in [5, 5.41) is 5.94. The summed E-state index contributed by atoms with van der Waals surface area (Å²) in [5.41, 5.74) is 4.33.